The van der Waals surface area contributed by atoms with Gasteiger partial charge in [0, 0.05) is 31.7 Å². The van der Waals surface area contributed by atoms with Crippen molar-refractivity contribution >= 4 is 12.0 Å². The summed E-state index contributed by atoms with van der Waals surface area (Å²) in [7, 11) is 0. The highest BCUT2D eigenvalue weighted by atomic mass is 16.6. The first-order valence-corrected chi connectivity index (χ1v) is 10.7. The van der Waals surface area contributed by atoms with Crippen LogP contribution in [0.25, 0.3) is 0 Å². The number of hydrogen-bond donors (Lipinski definition) is 1. The molecule has 1 atom stereocenters. The zero-order valence-corrected chi connectivity index (χ0v) is 17.9. The Kier molecular flexibility index (Phi) is 6.83. The van der Waals surface area contributed by atoms with Crippen LogP contribution in [0.3, 0.4) is 0 Å². The van der Waals surface area contributed by atoms with E-state index in [-0.39, 0.29) is 11.3 Å². The average Bonchev–Trinajstić information content (AvgIpc) is 2.72. The number of piperidine rings is 1. The Morgan fingerprint density at radius 1 is 1.17 bits per heavy atom. The Balaban J connectivity index is 1.69. The van der Waals surface area contributed by atoms with Crippen molar-refractivity contribution in [1.29, 1.82) is 0 Å². The molecule has 2 saturated heterocycles. The van der Waals surface area contributed by atoms with Crippen molar-refractivity contribution in [2.75, 3.05) is 26.3 Å². The van der Waals surface area contributed by atoms with E-state index in [1.165, 1.54) is 5.56 Å². The topological polar surface area (TPSA) is 67.9 Å². The molecule has 3 rings (SSSR count). The summed E-state index contributed by atoms with van der Waals surface area (Å²) in [5.74, 6) is -0.0858. The molecular formula is C23H34N2O4. The number of amides is 2. The van der Waals surface area contributed by atoms with Crippen LogP contribution in [0, 0.1) is 0 Å². The summed E-state index contributed by atoms with van der Waals surface area (Å²) in [5, 5.41) is 3.17. The molecule has 0 saturated carbocycles. The van der Waals surface area contributed by atoms with Crippen LogP contribution in [0.15, 0.2) is 30.3 Å². The lowest BCUT2D eigenvalue weighted by atomic mass is 9.74. The number of ether oxygens (including phenoxy) is 2. The van der Waals surface area contributed by atoms with Crippen molar-refractivity contribution in [3.8, 4) is 0 Å². The summed E-state index contributed by atoms with van der Waals surface area (Å²) in [6.45, 7) is 8.04. The van der Waals surface area contributed by atoms with E-state index < -0.39 is 17.7 Å². The van der Waals surface area contributed by atoms with Gasteiger partial charge in [-0.15, -0.1) is 0 Å². The number of nitrogens with zero attached hydrogens (tertiary/aromatic N) is 1. The van der Waals surface area contributed by atoms with Gasteiger partial charge in [0.2, 0.25) is 5.91 Å². The third-order valence-electron chi connectivity index (χ3n) is 5.87. The van der Waals surface area contributed by atoms with Crippen molar-refractivity contribution in [3.63, 3.8) is 0 Å². The first-order valence-electron chi connectivity index (χ1n) is 10.7. The van der Waals surface area contributed by atoms with Gasteiger partial charge in [0.05, 0.1) is 0 Å². The molecule has 2 amide bonds. The molecule has 0 aliphatic carbocycles. The highest BCUT2D eigenvalue weighted by Gasteiger charge is 2.38. The third-order valence-corrected chi connectivity index (χ3v) is 5.87. The fourth-order valence-electron chi connectivity index (χ4n) is 4.24. The summed E-state index contributed by atoms with van der Waals surface area (Å²) in [6, 6.07) is 9.89. The summed E-state index contributed by atoms with van der Waals surface area (Å²) >= 11 is 0. The Morgan fingerprint density at radius 3 is 2.52 bits per heavy atom. The zero-order chi connectivity index (χ0) is 20.9. The molecule has 0 radical (unpaired) electrons. The number of likely N-dealkylation sites (tertiary alicyclic amines) is 1. The van der Waals surface area contributed by atoms with Gasteiger partial charge in [-0.3, -0.25) is 9.69 Å². The van der Waals surface area contributed by atoms with E-state index in [4.69, 9.17) is 9.47 Å². The minimum absolute atomic E-state index is 0.0858. The maximum Gasteiger partial charge on any atom is 0.410 e. The normalized spacial score (nSPS) is 22.0. The minimum atomic E-state index is -0.574. The molecule has 2 aliphatic heterocycles. The van der Waals surface area contributed by atoms with Gasteiger partial charge >= 0.3 is 6.09 Å². The molecule has 0 aromatic heterocycles. The number of carbonyl (C=O) groups excluding carboxylic acids is 2. The Labute approximate surface area is 173 Å². The Bertz CT molecular complexity index is 693. The molecule has 6 nitrogen and oxygen atoms in total. The molecule has 1 N–H and O–H groups in total. The second-order valence-corrected chi connectivity index (χ2v) is 9.16. The maximum atomic E-state index is 13.1. The van der Waals surface area contributed by atoms with Crippen molar-refractivity contribution in [3.05, 3.63) is 35.9 Å². The lowest BCUT2D eigenvalue weighted by Crippen LogP contribution is -2.55. The number of benzene rings is 1. The van der Waals surface area contributed by atoms with E-state index in [1.807, 2.05) is 39.0 Å². The van der Waals surface area contributed by atoms with Crippen LogP contribution in [0.1, 0.15) is 58.4 Å². The summed E-state index contributed by atoms with van der Waals surface area (Å²) in [6.07, 6.45) is 3.85. The molecule has 29 heavy (non-hydrogen) atoms. The molecule has 0 spiro atoms. The molecule has 6 heteroatoms. The van der Waals surface area contributed by atoms with Crippen LogP contribution in [-0.4, -0.2) is 54.8 Å². The van der Waals surface area contributed by atoms with Gasteiger partial charge in [0.25, 0.3) is 0 Å². The Hall–Kier alpha value is -2.08. The zero-order valence-electron chi connectivity index (χ0n) is 17.9. The van der Waals surface area contributed by atoms with E-state index in [1.54, 1.807) is 4.90 Å². The SMILES string of the molecule is CC(C)(C)OC(=O)N1CCCCC1C(=O)NCC1(c2ccccc2)CCOCC1. The van der Waals surface area contributed by atoms with Crippen molar-refractivity contribution in [2.45, 2.75) is 69.9 Å². The molecule has 0 bridgehead atoms. The summed E-state index contributed by atoms with van der Waals surface area (Å²) in [4.78, 5) is 27.3. The van der Waals surface area contributed by atoms with Crippen LogP contribution in [0.5, 0.6) is 0 Å². The predicted molar refractivity (Wildman–Crippen MR) is 112 cm³/mol. The van der Waals surface area contributed by atoms with Crippen molar-refractivity contribution in [2.24, 2.45) is 0 Å². The summed E-state index contributed by atoms with van der Waals surface area (Å²) < 4.78 is 11.1. The molecule has 2 aliphatic rings. The highest BCUT2D eigenvalue weighted by Crippen LogP contribution is 2.34. The minimum Gasteiger partial charge on any atom is -0.444 e. The number of nitrogens with one attached hydrogen (secondary N) is 1. The fourth-order valence-corrected chi connectivity index (χ4v) is 4.24. The van der Waals surface area contributed by atoms with E-state index >= 15 is 0 Å². The fraction of sp³-hybridized carbons (Fsp3) is 0.652. The first-order chi connectivity index (χ1) is 13.8. The lowest BCUT2D eigenvalue weighted by molar-refractivity contribution is -0.128. The molecular weight excluding hydrogens is 368 g/mol. The molecule has 2 fully saturated rings. The smallest absolute Gasteiger partial charge is 0.410 e. The van der Waals surface area contributed by atoms with Crippen LogP contribution in [-0.2, 0) is 19.7 Å². The lowest BCUT2D eigenvalue weighted by Gasteiger charge is -2.39. The van der Waals surface area contributed by atoms with Gasteiger partial charge in [0.1, 0.15) is 11.6 Å². The van der Waals surface area contributed by atoms with E-state index in [9.17, 15) is 9.59 Å². The van der Waals surface area contributed by atoms with Gasteiger partial charge in [-0.25, -0.2) is 4.79 Å². The average molecular weight is 403 g/mol. The number of rotatable bonds is 4. The maximum absolute atomic E-state index is 13.1. The number of hydrogen-bond acceptors (Lipinski definition) is 4. The first kappa shape index (κ1) is 21.6. The van der Waals surface area contributed by atoms with Gasteiger partial charge < -0.3 is 14.8 Å². The van der Waals surface area contributed by atoms with Crippen LogP contribution < -0.4 is 5.32 Å². The van der Waals surface area contributed by atoms with Crippen LogP contribution in [0.4, 0.5) is 4.79 Å². The molecule has 2 heterocycles. The highest BCUT2D eigenvalue weighted by molar-refractivity contribution is 5.86. The molecule has 160 valence electrons. The van der Waals surface area contributed by atoms with Crippen molar-refractivity contribution in [1.82, 2.24) is 10.2 Å². The number of carbonyl (C=O) groups is 2. The monoisotopic (exact) mass is 402 g/mol. The third kappa shape index (κ3) is 5.50. The van der Waals surface area contributed by atoms with Crippen molar-refractivity contribution < 1.29 is 19.1 Å². The van der Waals surface area contributed by atoms with Crippen LogP contribution >= 0.6 is 0 Å². The predicted octanol–water partition coefficient (Wildman–Crippen LogP) is 3.64. The van der Waals surface area contributed by atoms with Gasteiger partial charge in [-0.1, -0.05) is 30.3 Å². The largest absolute Gasteiger partial charge is 0.444 e. The molecule has 1 unspecified atom stereocenters. The van der Waals surface area contributed by atoms with Gasteiger partial charge in [0.15, 0.2) is 0 Å². The second-order valence-electron chi connectivity index (χ2n) is 9.16. The van der Waals surface area contributed by atoms with E-state index in [2.05, 4.69) is 17.4 Å². The second kappa shape index (κ2) is 9.16. The van der Waals surface area contributed by atoms with Gasteiger partial charge in [-0.2, -0.15) is 0 Å². The van der Waals surface area contributed by atoms with Gasteiger partial charge in [-0.05, 0) is 58.4 Å². The Morgan fingerprint density at radius 2 is 1.86 bits per heavy atom. The van der Waals surface area contributed by atoms with E-state index in [0.717, 1.165) is 25.7 Å². The summed E-state index contributed by atoms with van der Waals surface area (Å²) in [5.41, 5.74) is 0.534. The standard InChI is InChI=1S/C23H34N2O4/c1-22(2,3)29-21(27)25-14-8-7-11-19(25)20(26)24-17-23(12-15-28-16-13-23)18-9-5-4-6-10-18/h4-6,9-10,19H,7-8,11-17H2,1-3H3,(H,24,26). The van der Waals surface area contributed by atoms with Crippen LogP contribution in [0.2, 0.25) is 0 Å². The molecule has 1 aromatic carbocycles. The molecule has 1 aromatic rings. The van der Waals surface area contributed by atoms with E-state index in [0.29, 0.717) is 32.7 Å². The quantitative estimate of drug-likeness (QED) is 0.835.